The Kier molecular flexibility index (Phi) is 4.57. The van der Waals surface area contributed by atoms with Crippen molar-refractivity contribution in [1.82, 2.24) is 5.32 Å². The summed E-state index contributed by atoms with van der Waals surface area (Å²) in [5.74, 6) is 0.750. The lowest BCUT2D eigenvalue weighted by Gasteiger charge is -2.04. The number of ketones is 1. The smallest absolute Gasteiger partial charge is 0.176 e. The molecule has 0 aromatic heterocycles. The molecule has 80 valence electrons. The van der Waals surface area contributed by atoms with Crippen LogP contribution in [-0.4, -0.2) is 26.0 Å². The molecular formula is C12H15NO2. The lowest BCUT2D eigenvalue weighted by Crippen LogP contribution is -2.22. The van der Waals surface area contributed by atoms with Crippen molar-refractivity contribution in [2.75, 3.05) is 20.2 Å². The summed E-state index contributed by atoms with van der Waals surface area (Å²) in [6, 6.07) is 7.13. The molecule has 0 saturated heterocycles. The Morgan fingerprint density at radius 1 is 1.60 bits per heavy atom. The van der Waals surface area contributed by atoms with Gasteiger partial charge in [-0.05, 0) is 12.1 Å². The highest BCUT2D eigenvalue weighted by molar-refractivity contribution is 5.97. The maximum atomic E-state index is 11.6. The van der Waals surface area contributed by atoms with E-state index in [1.54, 1.807) is 31.4 Å². The molecule has 1 aromatic carbocycles. The number of methoxy groups -OCH3 is 1. The maximum absolute atomic E-state index is 11.6. The van der Waals surface area contributed by atoms with Gasteiger partial charge in [-0.3, -0.25) is 4.79 Å². The number of ether oxygens (including phenoxy) is 1. The van der Waals surface area contributed by atoms with Crippen molar-refractivity contribution >= 4 is 5.78 Å². The lowest BCUT2D eigenvalue weighted by atomic mass is 10.1. The first kappa shape index (κ1) is 11.5. The van der Waals surface area contributed by atoms with Crippen LogP contribution < -0.4 is 10.1 Å². The van der Waals surface area contributed by atoms with Crippen LogP contribution >= 0.6 is 0 Å². The number of benzene rings is 1. The van der Waals surface area contributed by atoms with Crippen LogP contribution in [0.2, 0.25) is 0 Å². The van der Waals surface area contributed by atoms with Gasteiger partial charge in [-0.2, -0.15) is 0 Å². The Morgan fingerprint density at radius 3 is 3.07 bits per heavy atom. The second-order valence-corrected chi connectivity index (χ2v) is 3.07. The Balaban J connectivity index is 2.60. The van der Waals surface area contributed by atoms with Crippen molar-refractivity contribution in [1.29, 1.82) is 0 Å². The molecule has 0 atom stereocenters. The van der Waals surface area contributed by atoms with E-state index < -0.39 is 0 Å². The molecule has 0 fully saturated rings. The number of rotatable bonds is 6. The Hall–Kier alpha value is -1.61. The van der Waals surface area contributed by atoms with Crippen LogP contribution in [-0.2, 0) is 0 Å². The third kappa shape index (κ3) is 3.56. The highest BCUT2D eigenvalue weighted by Crippen LogP contribution is 2.12. The number of carbonyl (C=O) groups is 1. The molecule has 0 aliphatic heterocycles. The molecule has 3 nitrogen and oxygen atoms in total. The van der Waals surface area contributed by atoms with Gasteiger partial charge >= 0.3 is 0 Å². The fourth-order valence-corrected chi connectivity index (χ4v) is 1.19. The van der Waals surface area contributed by atoms with Crippen molar-refractivity contribution < 1.29 is 9.53 Å². The second-order valence-electron chi connectivity index (χ2n) is 3.07. The zero-order chi connectivity index (χ0) is 11.1. The van der Waals surface area contributed by atoms with E-state index in [0.29, 0.717) is 24.4 Å². The number of carbonyl (C=O) groups excluding carboxylic acids is 1. The molecule has 0 spiro atoms. The molecule has 15 heavy (non-hydrogen) atoms. The monoisotopic (exact) mass is 205 g/mol. The van der Waals surface area contributed by atoms with Crippen molar-refractivity contribution in [2.24, 2.45) is 0 Å². The van der Waals surface area contributed by atoms with Gasteiger partial charge in [-0.1, -0.05) is 18.2 Å². The fourth-order valence-electron chi connectivity index (χ4n) is 1.19. The summed E-state index contributed by atoms with van der Waals surface area (Å²) in [7, 11) is 1.58. The molecule has 0 aliphatic rings. The Bertz CT molecular complexity index is 347. The fraction of sp³-hybridized carbons (Fsp3) is 0.250. The third-order valence-electron chi connectivity index (χ3n) is 1.97. The molecule has 0 saturated carbocycles. The molecule has 1 aromatic rings. The van der Waals surface area contributed by atoms with Gasteiger partial charge in [-0.25, -0.2) is 0 Å². The number of hydrogen-bond donors (Lipinski definition) is 1. The van der Waals surface area contributed by atoms with E-state index in [-0.39, 0.29) is 5.78 Å². The molecule has 0 unspecified atom stereocenters. The van der Waals surface area contributed by atoms with Crippen molar-refractivity contribution in [2.45, 2.75) is 0 Å². The van der Waals surface area contributed by atoms with Gasteiger partial charge in [0.1, 0.15) is 5.75 Å². The second kappa shape index (κ2) is 5.98. The van der Waals surface area contributed by atoms with Gasteiger partial charge in [0.05, 0.1) is 13.7 Å². The zero-order valence-electron chi connectivity index (χ0n) is 8.82. The van der Waals surface area contributed by atoms with E-state index in [9.17, 15) is 4.79 Å². The molecule has 1 rings (SSSR count). The Morgan fingerprint density at radius 2 is 2.40 bits per heavy atom. The molecule has 0 amide bonds. The van der Waals surface area contributed by atoms with E-state index in [2.05, 4.69) is 11.9 Å². The number of nitrogens with one attached hydrogen (secondary N) is 1. The first-order valence-electron chi connectivity index (χ1n) is 4.77. The van der Waals surface area contributed by atoms with Crippen LogP contribution in [0, 0.1) is 0 Å². The number of Topliss-reactive ketones (excluding diaryl/α,β-unsaturated/α-hetero) is 1. The zero-order valence-corrected chi connectivity index (χ0v) is 8.82. The Labute approximate surface area is 89.8 Å². The summed E-state index contributed by atoms with van der Waals surface area (Å²) in [6.45, 7) is 4.52. The summed E-state index contributed by atoms with van der Waals surface area (Å²) in [4.78, 5) is 11.6. The average Bonchev–Trinajstić information content (AvgIpc) is 2.29. The average molecular weight is 205 g/mol. The van der Waals surface area contributed by atoms with Crippen LogP contribution in [0.5, 0.6) is 5.75 Å². The molecule has 0 heterocycles. The molecule has 0 aliphatic carbocycles. The first-order chi connectivity index (χ1) is 7.27. The van der Waals surface area contributed by atoms with E-state index in [1.807, 2.05) is 6.07 Å². The van der Waals surface area contributed by atoms with Crippen molar-refractivity contribution in [3.05, 3.63) is 42.5 Å². The molecule has 1 N–H and O–H groups in total. The topological polar surface area (TPSA) is 38.3 Å². The van der Waals surface area contributed by atoms with Crippen molar-refractivity contribution in [3.63, 3.8) is 0 Å². The lowest BCUT2D eigenvalue weighted by molar-refractivity contribution is 0.0992. The maximum Gasteiger partial charge on any atom is 0.176 e. The van der Waals surface area contributed by atoms with Crippen LogP contribution in [0.1, 0.15) is 10.4 Å². The van der Waals surface area contributed by atoms with Crippen LogP contribution in [0.15, 0.2) is 36.9 Å². The minimum absolute atomic E-state index is 0.0516. The highest BCUT2D eigenvalue weighted by Gasteiger charge is 2.05. The quantitative estimate of drug-likeness (QED) is 0.436. The number of hydrogen-bond acceptors (Lipinski definition) is 3. The summed E-state index contributed by atoms with van der Waals surface area (Å²) in [6.07, 6.45) is 1.72. The highest BCUT2D eigenvalue weighted by atomic mass is 16.5. The summed E-state index contributed by atoms with van der Waals surface area (Å²) in [5, 5.41) is 2.96. The van der Waals surface area contributed by atoms with Crippen LogP contribution in [0.3, 0.4) is 0 Å². The van der Waals surface area contributed by atoms with E-state index in [1.165, 1.54) is 0 Å². The summed E-state index contributed by atoms with van der Waals surface area (Å²) < 4.78 is 5.04. The normalized spacial score (nSPS) is 9.67. The molecular weight excluding hydrogens is 190 g/mol. The summed E-state index contributed by atoms with van der Waals surface area (Å²) in [5.41, 5.74) is 0.658. The third-order valence-corrected chi connectivity index (χ3v) is 1.97. The van der Waals surface area contributed by atoms with Gasteiger partial charge in [0.25, 0.3) is 0 Å². The van der Waals surface area contributed by atoms with Crippen molar-refractivity contribution in [3.8, 4) is 5.75 Å². The van der Waals surface area contributed by atoms with Gasteiger partial charge in [0.15, 0.2) is 5.78 Å². The molecule has 3 heteroatoms. The first-order valence-corrected chi connectivity index (χ1v) is 4.77. The summed E-state index contributed by atoms with van der Waals surface area (Å²) >= 11 is 0. The minimum Gasteiger partial charge on any atom is -0.497 e. The predicted octanol–water partition coefficient (Wildman–Crippen LogP) is 1.65. The van der Waals surface area contributed by atoms with E-state index >= 15 is 0 Å². The van der Waals surface area contributed by atoms with E-state index in [4.69, 9.17) is 4.74 Å². The van der Waals surface area contributed by atoms with Crippen LogP contribution in [0.4, 0.5) is 0 Å². The van der Waals surface area contributed by atoms with Gasteiger partial charge in [-0.15, -0.1) is 6.58 Å². The largest absolute Gasteiger partial charge is 0.497 e. The van der Waals surface area contributed by atoms with Crippen LogP contribution in [0.25, 0.3) is 0 Å². The standard InChI is InChI=1S/C12H15NO2/c1-3-7-13-9-12(14)10-5-4-6-11(8-10)15-2/h3-6,8,13H,1,7,9H2,2H3. The van der Waals surface area contributed by atoms with E-state index in [0.717, 1.165) is 0 Å². The van der Waals surface area contributed by atoms with Gasteiger partial charge in [0.2, 0.25) is 0 Å². The van der Waals surface area contributed by atoms with Gasteiger partial charge in [0, 0.05) is 12.1 Å². The van der Waals surface area contributed by atoms with Gasteiger partial charge < -0.3 is 10.1 Å². The molecule has 0 bridgehead atoms. The predicted molar refractivity (Wildman–Crippen MR) is 60.4 cm³/mol. The molecule has 0 radical (unpaired) electrons. The minimum atomic E-state index is 0.0516. The SMILES string of the molecule is C=CCNCC(=O)c1cccc(OC)c1.